The molecule has 0 radical (unpaired) electrons. The number of phenols is 2. The Morgan fingerprint density at radius 2 is 0.925 bits per heavy atom. The molecule has 10 N–H and O–H groups in total. The van der Waals surface area contributed by atoms with Crippen LogP contribution in [0.4, 0.5) is 0 Å². The van der Waals surface area contributed by atoms with Gasteiger partial charge in [-0.1, -0.05) is 0 Å². The topological polar surface area (TPSA) is 239 Å². The van der Waals surface area contributed by atoms with E-state index < -0.39 is 74.6 Å². The van der Waals surface area contributed by atoms with Gasteiger partial charge in [0.2, 0.25) is 12.6 Å². The Bertz CT molecular complexity index is 1090. The van der Waals surface area contributed by atoms with Gasteiger partial charge in [-0.25, -0.2) is 0 Å². The second-order valence-corrected chi connectivity index (χ2v) is 9.90. The lowest BCUT2D eigenvalue weighted by Gasteiger charge is -2.39. The quantitative estimate of drug-likeness (QED) is 0.169. The maximum Gasteiger partial charge on any atom is 0.229 e. The summed E-state index contributed by atoms with van der Waals surface area (Å²) in [7, 11) is 0. The molecule has 2 saturated heterocycles. The van der Waals surface area contributed by atoms with Crippen molar-refractivity contribution in [3.63, 3.8) is 0 Å². The van der Waals surface area contributed by atoms with Crippen LogP contribution in [0.15, 0.2) is 24.3 Å². The zero-order valence-electron chi connectivity index (χ0n) is 21.6. The largest absolute Gasteiger partial charge is 0.507 e. The first-order valence-corrected chi connectivity index (χ1v) is 12.5. The minimum Gasteiger partial charge on any atom is -0.507 e. The Hall–Kier alpha value is -2.76. The van der Waals surface area contributed by atoms with Gasteiger partial charge in [0.25, 0.3) is 0 Å². The van der Waals surface area contributed by atoms with Crippen LogP contribution >= 0.6 is 0 Å². The maximum atomic E-state index is 10.8. The standard InChI is InChI=1S/C26H34O14/c1-9-3-11(37-25-23(35)21(33)19(31)15(7-27)39-25)5-13(17(9)29)14-6-12(4-10(2)18(14)30)38-26-24(36)22(34)20(32)16(8-28)40-26/h3-6,15-16,19-36H,7-8H2,1-2H3. The number of rotatable bonds is 7. The van der Waals surface area contributed by atoms with Gasteiger partial charge in [-0.3, -0.25) is 0 Å². The summed E-state index contributed by atoms with van der Waals surface area (Å²) in [5.41, 5.74) is 0.683. The minimum atomic E-state index is -1.68. The van der Waals surface area contributed by atoms with Gasteiger partial charge in [0.15, 0.2) is 0 Å². The van der Waals surface area contributed by atoms with Gasteiger partial charge in [-0.05, 0) is 49.2 Å². The van der Waals surface area contributed by atoms with Crippen molar-refractivity contribution in [2.24, 2.45) is 0 Å². The second kappa shape index (κ2) is 12.0. The number of phenolic OH excluding ortho intramolecular Hbond substituents is 2. The van der Waals surface area contributed by atoms with Crippen LogP contribution < -0.4 is 9.47 Å². The Kier molecular flexibility index (Phi) is 9.06. The molecule has 2 heterocycles. The van der Waals surface area contributed by atoms with E-state index in [4.69, 9.17) is 18.9 Å². The molecule has 10 atom stereocenters. The highest BCUT2D eigenvalue weighted by Crippen LogP contribution is 2.44. The van der Waals surface area contributed by atoms with Gasteiger partial charge >= 0.3 is 0 Å². The van der Waals surface area contributed by atoms with Crippen LogP contribution in [0.1, 0.15) is 11.1 Å². The number of hydrogen-bond acceptors (Lipinski definition) is 14. The summed E-state index contributed by atoms with van der Waals surface area (Å²) in [5.74, 6) is -0.430. The highest BCUT2D eigenvalue weighted by atomic mass is 16.7. The van der Waals surface area contributed by atoms with Gasteiger partial charge in [-0.15, -0.1) is 0 Å². The Balaban J connectivity index is 1.66. The predicted molar refractivity (Wildman–Crippen MR) is 133 cm³/mol. The molecule has 222 valence electrons. The second-order valence-electron chi connectivity index (χ2n) is 9.90. The SMILES string of the molecule is Cc1cc(OC2OC(CO)C(O)C(O)C2O)cc(-c2cc(OC3OC(CO)C(O)C(O)C3O)cc(C)c2O)c1O. The Labute approximate surface area is 228 Å². The van der Waals surface area contributed by atoms with E-state index in [-0.39, 0.29) is 45.3 Å². The summed E-state index contributed by atoms with van der Waals surface area (Å²) in [6, 6.07) is 5.43. The van der Waals surface area contributed by atoms with Crippen LogP contribution in [0.5, 0.6) is 23.0 Å². The van der Waals surface area contributed by atoms with Gasteiger partial charge in [0.05, 0.1) is 13.2 Å². The summed E-state index contributed by atoms with van der Waals surface area (Å²) < 4.78 is 22.1. The van der Waals surface area contributed by atoms with Crippen molar-refractivity contribution in [1.29, 1.82) is 0 Å². The zero-order chi connectivity index (χ0) is 29.5. The van der Waals surface area contributed by atoms with Crippen LogP contribution in [0.3, 0.4) is 0 Å². The molecule has 0 saturated carbocycles. The van der Waals surface area contributed by atoms with Crippen molar-refractivity contribution in [2.75, 3.05) is 13.2 Å². The molecule has 40 heavy (non-hydrogen) atoms. The highest BCUT2D eigenvalue weighted by Gasteiger charge is 2.46. The van der Waals surface area contributed by atoms with Crippen molar-refractivity contribution in [1.82, 2.24) is 0 Å². The molecule has 2 aliphatic heterocycles. The lowest BCUT2D eigenvalue weighted by atomic mass is 9.97. The normalized spacial score (nSPS) is 34.5. The Morgan fingerprint density at radius 1 is 0.575 bits per heavy atom. The highest BCUT2D eigenvalue weighted by molar-refractivity contribution is 5.80. The van der Waals surface area contributed by atoms with Crippen LogP contribution in [-0.2, 0) is 9.47 Å². The molecule has 0 bridgehead atoms. The molecule has 2 fully saturated rings. The van der Waals surface area contributed by atoms with Gasteiger partial charge in [0.1, 0.15) is 71.8 Å². The smallest absolute Gasteiger partial charge is 0.229 e. The molecular weight excluding hydrogens is 536 g/mol. The zero-order valence-corrected chi connectivity index (χ0v) is 21.6. The van der Waals surface area contributed by atoms with E-state index >= 15 is 0 Å². The average molecular weight is 571 g/mol. The van der Waals surface area contributed by atoms with Crippen molar-refractivity contribution >= 4 is 0 Å². The van der Waals surface area contributed by atoms with E-state index in [2.05, 4.69) is 0 Å². The fourth-order valence-corrected chi connectivity index (χ4v) is 4.64. The summed E-state index contributed by atoms with van der Waals surface area (Å²) in [4.78, 5) is 0. The molecule has 0 aromatic heterocycles. The molecule has 14 heteroatoms. The lowest BCUT2D eigenvalue weighted by molar-refractivity contribution is -0.277. The van der Waals surface area contributed by atoms with E-state index in [0.29, 0.717) is 0 Å². The average Bonchev–Trinajstić information content (AvgIpc) is 2.93. The van der Waals surface area contributed by atoms with Crippen LogP contribution in [0.2, 0.25) is 0 Å². The number of hydrogen-bond donors (Lipinski definition) is 10. The molecule has 0 amide bonds. The number of benzene rings is 2. The third-order valence-electron chi connectivity index (χ3n) is 7.04. The molecule has 2 aromatic rings. The van der Waals surface area contributed by atoms with E-state index in [1.165, 1.54) is 38.1 Å². The minimum absolute atomic E-state index is 0.0342. The predicted octanol–water partition coefficient (Wildman–Crippen LogP) is -2.26. The lowest BCUT2D eigenvalue weighted by Crippen LogP contribution is -2.60. The molecule has 0 aliphatic carbocycles. The van der Waals surface area contributed by atoms with E-state index in [9.17, 15) is 51.1 Å². The number of ether oxygens (including phenoxy) is 4. The van der Waals surface area contributed by atoms with Crippen molar-refractivity contribution in [3.8, 4) is 34.1 Å². The molecule has 2 aromatic carbocycles. The summed E-state index contributed by atoms with van der Waals surface area (Å²) >= 11 is 0. The van der Waals surface area contributed by atoms with Crippen molar-refractivity contribution < 1.29 is 70.0 Å². The summed E-state index contributed by atoms with van der Waals surface area (Å²) in [6.07, 6.45) is -15.3. The molecule has 0 spiro atoms. The fraction of sp³-hybridized carbons (Fsp3) is 0.538. The summed E-state index contributed by atoms with van der Waals surface area (Å²) in [6.45, 7) is 1.77. The molecule has 4 rings (SSSR count). The van der Waals surface area contributed by atoms with Gasteiger partial charge in [0, 0.05) is 11.1 Å². The van der Waals surface area contributed by atoms with E-state index in [0.717, 1.165) is 0 Å². The number of aryl methyl sites for hydroxylation is 2. The maximum absolute atomic E-state index is 10.8. The fourth-order valence-electron chi connectivity index (χ4n) is 4.64. The molecule has 2 aliphatic rings. The first-order valence-electron chi connectivity index (χ1n) is 12.5. The molecular formula is C26H34O14. The van der Waals surface area contributed by atoms with Crippen molar-refractivity contribution in [3.05, 3.63) is 35.4 Å². The number of aliphatic hydroxyl groups is 8. The number of aromatic hydroxyl groups is 2. The van der Waals surface area contributed by atoms with Crippen molar-refractivity contribution in [2.45, 2.75) is 75.3 Å². The third kappa shape index (κ3) is 5.69. The summed E-state index contributed by atoms with van der Waals surface area (Å²) in [5, 5.41) is 101. The molecule has 14 nitrogen and oxygen atoms in total. The van der Waals surface area contributed by atoms with Crippen LogP contribution in [0, 0.1) is 13.8 Å². The van der Waals surface area contributed by atoms with Gasteiger partial charge < -0.3 is 70.0 Å². The first kappa shape index (κ1) is 30.2. The monoisotopic (exact) mass is 570 g/mol. The number of aliphatic hydroxyl groups excluding tert-OH is 8. The Morgan fingerprint density at radius 3 is 1.25 bits per heavy atom. The van der Waals surface area contributed by atoms with E-state index in [1.54, 1.807) is 0 Å². The van der Waals surface area contributed by atoms with Crippen LogP contribution in [-0.4, -0.2) is 126 Å². The molecule has 10 unspecified atom stereocenters. The van der Waals surface area contributed by atoms with E-state index in [1.807, 2.05) is 0 Å². The van der Waals surface area contributed by atoms with Gasteiger partial charge in [-0.2, -0.15) is 0 Å². The first-order chi connectivity index (χ1) is 18.9. The van der Waals surface area contributed by atoms with Crippen LogP contribution in [0.25, 0.3) is 11.1 Å². The third-order valence-corrected chi connectivity index (χ3v) is 7.04.